The van der Waals surface area contributed by atoms with E-state index in [1.807, 2.05) is 0 Å². The molecule has 0 aliphatic carbocycles. The normalized spacial score (nSPS) is 23.9. The molecule has 3 heteroatoms. The average molecular weight is 314 g/mol. The highest BCUT2D eigenvalue weighted by Crippen LogP contribution is 2.24. The number of carbonyl (C=O) groups is 1. The van der Waals surface area contributed by atoms with Gasteiger partial charge in [-0.2, -0.15) is 0 Å². The monoisotopic (exact) mass is 314 g/mol. The Hall–Kier alpha value is -1.35. The van der Waals surface area contributed by atoms with E-state index in [2.05, 4.69) is 47.1 Å². The van der Waals surface area contributed by atoms with Gasteiger partial charge < -0.3 is 4.90 Å². The summed E-state index contributed by atoms with van der Waals surface area (Å²) in [5, 5.41) is 0. The fourth-order valence-electron chi connectivity index (χ4n) is 4.16. The van der Waals surface area contributed by atoms with Crippen molar-refractivity contribution >= 4 is 5.91 Å². The first-order chi connectivity index (χ1) is 11.3. The molecule has 0 saturated carbocycles. The molecule has 3 nitrogen and oxygen atoms in total. The second-order valence-corrected chi connectivity index (χ2v) is 7.10. The van der Waals surface area contributed by atoms with Gasteiger partial charge in [0.25, 0.3) is 0 Å². The number of amides is 1. The van der Waals surface area contributed by atoms with Crippen LogP contribution in [0, 0.1) is 5.92 Å². The molecule has 0 N–H and O–H groups in total. The summed E-state index contributed by atoms with van der Waals surface area (Å²) in [6.45, 7) is 6.17. The topological polar surface area (TPSA) is 23.6 Å². The maximum absolute atomic E-state index is 12.9. The van der Waals surface area contributed by atoms with Crippen LogP contribution < -0.4 is 0 Å². The van der Waals surface area contributed by atoms with Crippen LogP contribution in [0.1, 0.15) is 44.6 Å². The number of likely N-dealkylation sites (N-methyl/N-ethyl adjacent to an activating group) is 1. The van der Waals surface area contributed by atoms with Crippen LogP contribution in [-0.4, -0.2) is 47.9 Å². The summed E-state index contributed by atoms with van der Waals surface area (Å²) >= 11 is 0. The standard InChI is InChI=1S/C20H30N2O/c1-2-21-13-7-6-10-19(21)20(23)22-14-11-18(12-15-22)16-17-8-4-3-5-9-17/h3-5,8-9,18-19H,2,6-7,10-16H2,1H3. The van der Waals surface area contributed by atoms with Crippen molar-refractivity contribution in [2.45, 2.75) is 51.5 Å². The van der Waals surface area contributed by atoms with E-state index in [0.29, 0.717) is 5.91 Å². The van der Waals surface area contributed by atoms with Crippen LogP contribution in [0.3, 0.4) is 0 Å². The third kappa shape index (κ3) is 4.14. The second-order valence-electron chi connectivity index (χ2n) is 7.10. The van der Waals surface area contributed by atoms with Crippen molar-refractivity contribution in [3.63, 3.8) is 0 Å². The van der Waals surface area contributed by atoms with Gasteiger partial charge in [0.2, 0.25) is 5.91 Å². The van der Waals surface area contributed by atoms with Crippen molar-refractivity contribution in [2.24, 2.45) is 5.92 Å². The van der Waals surface area contributed by atoms with E-state index in [1.54, 1.807) is 0 Å². The summed E-state index contributed by atoms with van der Waals surface area (Å²) in [4.78, 5) is 17.4. The van der Waals surface area contributed by atoms with Crippen molar-refractivity contribution in [3.8, 4) is 0 Å². The lowest BCUT2D eigenvalue weighted by Crippen LogP contribution is -2.52. The molecule has 126 valence electrons. The fourth-order valence-corrected chi connectivity index (χ4v) is 4.16. The lowest BCUT2D eigenvalue weighted by Gasteiger charge is -2.39. The molecule has 3 rings (SSSR count). The average Bonchev–Trinajstić information content (AvgIpc) is 2.62. The first-order valence-electron chi connectivity index (χ1n) is 9.34. The maximum atomic E-state index is 12.9. The molecule has 0 bridgehead atoms. The molecule has 1 aromatic carbocycles. The number of nitrogens with zero attached hydrogens (tertiary/aromatic N) is 2. The van der Waals surface area contributed by atoms with Crippen LogP contribution in [0.5, 0.6) is 0 Å². The minimum Gasteiger partial charge on any atom is -0.341 e. The van der Waals surface area contributed by atoms with Gasteiger partial charge in [-0.15, -0.1) is 0 Å². The lowest BCUT2D eigenvalue weighted by molar-refractivity contribution is -0.139. The highest BCUT2D eigenvalue weighted by molar-refractivity contribution is 5.82. The molecule has 0 radical (unpaired) electrons. The van der Waals surface area contributed by atoms with Gasteiger partial charge in [-0.05, 0) is 56.7 Å². The van der Waals surface area contributed by atoms with Gasteiger partial charge in [-0.1, -0.05) is 43.7 Å². The second kappa shape index (κ2) is 7.96. The molecule has 2 aliphatic rings. The van der Waals surface area contributed by atoms with Crippen molar-refractivity contribution in [3.05, 3.63) is 35.9 Å². The van der Waals surface area contributed by atoms with E-state index < -0.39 is 0 Å². The van der Waals surface area contributed by atoms with Crippen LogP contribution in [0.4, 0.5) is 0 Å². The largest absolute Gasteiger partial charge is 0.341 e. The molecule has 1 amide bonds. The van der Waals surface area contributed by atoms with Crippen LogP contribution in [0.25, 0.3) is 0 Å². The highest BCUT2D eigenvalue weighted by Gasteiger charge is 2.32. The highest BCUT2D eigenvalue weighted by atomic mass is 16.2. The van der Waals surface area contributed by atoms with Gasteiger partial charge in [0.15, 0.2) is 0 Å². The molecule has 2 fully saturated rings. The molecule has 0 spiro atoms. The number of rotatable bonds is 4. The Balaban J connectivity index is 1.51. The van der Waals surface area contributed by atoms with Crippen LogP contribution >= 0.6 is 0 Å². The first kappa shape index (κ1) is 16.5. The van der Waals surface area contributed by atoms with Gasteiger partial charge in [0.05, 0.1) is 6.04 Å². The summed E-state index contributed by atoms with van der Waals surface area (Å²) in [6, 6.07) is 10.9. The predicted molar refractivity (Wildman–Crippen MR) is 94.3 cm³/mol. The quantitative estimate of drug-likeness (QED) is 0.851. The first-order valence-corrected chi connectivity index (χ1v) is 9.34. The van der Waals surface area contributed by atoms with E-state index in [4.69, 9.17) is 0 Å². The van der Waals surface area contributed by atoms with E-state index >= 15 is 0 Å². The number of benzene rings is 1. The zero-order valence-corrected chi connectivity index (χ0v) is 14.4. The lowest BCUT2D eigenvalue weighted by atomic mass is 9.89. The number of likely N-dealkylation sites (tertiary alicyclic amines) is 2. The molecule has 2 heterocycles. The Kier molecular flexibility index (Phi) is 5.71. The molecule has 1 atom stereocenters. The van der Waals surface area contributed by atoms with E-state index in [0.717, 1.165) is 57.8 Å². The molecule has 23 heavy (non-hydrogen) atoms. The van der Waals surface area contributed by atoms with Gasteiger partial charge in [-0.3, -0.25) is 9.69 Å². The summed E-state index contributed by atoms with van der Waals surface area (Å²) in [5.41, 5.74) is 1.43. The SMILES string of the molecule is CCN1CCCCC1C(=O)N1CCC(Cc2ccccc2)CC1. The Labute approximate surface area is 140 Å². The predicted octanol–water partition coefficient (Wildman–Crippen LogP) is 3.34. The number of hydrogen-bond donors (Lipinski definition) is 0. The van der Waals surface area contributed by atoms with Crippen molar-refractivity contribution < 1.29 is 4.79 Å². The van der Waals surface area contributed by atoms with Crippen molar-refractivity contribution in [1.29, 1.82) is 0 Å². The van der Waals surface area contributed by atoms with Crippen LogP contribution in [0.15, 0.2) is 30.3 Å². The minimum absolute atomic E-state index is 0.152. The van der Waals surface area contributed by atoms with Gasteiger partial charge in [0, 0.05) is 13.1 Å². The summed E-state index contributed by atoms with van der Waals surface area (Å²) in [6.07, 6.45) is 6.97. The molecule has 2 saturated heterocycles. The van der Waals surface area contributed by atoms with E-state index in [9.17, 15) is 4.79 Å². The third-order valence-corrected chi connectivity index (χ3v) is 5.60. The fraction of sp³-hybridized carbons (Fsp3) is 0.650. The van der Waals surface area contributed by atoms with Crippen LogP contribution in [-0.2, 0) is 11.2 Å². The zero-order valence-electron chi connectivity index (χ0n) is 14.4. The molecule has 2 aliphatic heterocycles. The van der Waals surface area contributed by atoms with Gasteiger partial charge in [-0.25, -0.2) is 0 Å². The Morgan fingerprint density at radius 1 is 1.04 bits per heavy atom. The van der Waals surface area contributed by atoms with Crippen molar-refractivity contribution in [1.82, 2.24) is 9.80 Å². The van der Waals surface area contributed by atoms with E-state index in [-0.39, 0.29) is 6.04 Å². The Bertz CT molecular complexity index is 494. The van der Waals surface area contributed by atoms with Gasteiger partial charge >= 0.3 is 0 Å². The molecule has 0 aromatic heterocycles. The number of piperidine rings is 2. The smallest absolute Gasteiger partial charge is 0.239 e. The van der Waals surface area contributed by atoms with E-state index in [1.165, 1.54) is 18.4 Å². The summed E-state index contributed by atoms with van der Waals surface area (Å²) in [5.74, 6) is 1.12. The molecular formula is C20H30N2O. The molecular weight excluding hydrogens is 284 g/mol. The van der Waals surface area contributed by atoms with Crippen LogP contribution in [0.2, 0.25) is 0 Å². The minimum atomic E-state index is 0.152. The number of carbonyl (C=O) groups excluding carboxylic acids is 1. The van der Waals surface area contributed by atoms with Gasteiger partial charge in [0.1, 0.15) is 0 Å². The Morgan fingerprint density at radius 2 is 1.78 bits per heavy atom. The zero-order chi connectivity index (χ0) is 16.1. The summed E-state index contributed by atoms with van der Waals surface area (Å²) < 4.78 is 0. The molecule has 1 aromatic rings. The van der Waals surface area contributed by atoms with Crippen molar-refractivity contribution in [2.75, 3.05) is 26.2 Å². The number of hydrogen-bond acceptors (Lipinski definition) is 2. The Morgan fingerprint density at radius 3 is 2.48 bits per heavy atom. The molecule has 1 unspecified atom stereocenters. The summed E-state index contributed by atoms with van der Waals surface area (Å²) in [7, 11) is 0. The maximum Gasteiger partial charge on any atom is 0.239 e. The third-order valence-electron chi connectivity index (χ3n) is 5.60.